The number of hydrogen-bond donors (Lipinski definition) is 0. The second-order valence-corrected chi connectivity index (χ2v) is 9.94. The molecule has 0 nitrogen and oxygen atoms in total. The Balaban J connectivity index is 1.50. The van der Waals surface area contributed by atoms with E-state index >= 15 is 0 Å². The fourth-order valence-electron chi connectivity index (χ4n) is 5.11. The van der Waals surface area contributed by atoms with E-state index in [0.29, 0.717) is 11.8 Å². The van der Waals surface area contributed by atoms with E-state index in [1.807, 2.05) is 0 Å². The number of benzene rings is 3. The second kappa shape index (κ2) is 7.00. The summed E-state index contributed by atoms with van der Waals surface area (Å²) in [5.41, 5.74) is 11.6. The van der Waals surface area contributed by atoms with Crippen molar-refractivity contribution in [2.24, 2.45) is 0 Å². The maximum absolute atomic E-state index is 3.69. The van der Waals surface area contributed by atoms with Crippen molar-refractivity contribution >= 4 is 37.9 Å². The number of fused-ring (bicyclic) bond motifs is 4. The molecule has 0 saturated carbocycles. The smallest absolute Gasteiger partial charge is 0.0178 e. The van der Waals surface area contributed by atoms with Gasteiger partial charge in [-0.25, -0.2) is 0 Å². The van der Waals surface area contributed by atoms with Crippen molar-refractivity contribution in [3.05, 3.63) is 96.9 Å². The number of aryl methyl sites for hydroxylation is 1. The lowest BCUT2D eigenvalue weighted by molar-refractivity contribution is 0.618. The average Bonchev–Trinajstić information content (AvgIpc) is 3.14. The molecule has 5 rings (SSSR count). The molecule has 0 aliphatic heterocycles. The monoisotopic (exact) mass is 492 g/mol. The molecule has 0 heterocycles. The summed E-state index contributed by atoms with van der Waals surface area (Å²) in [5.74, 6) is 1.00. The minimum Gasteiger partial charge on any atom is -0.0652 e. The summed E-state index contributed by atoms with van der Waals surface area (Å²) < 4.78 is 2.34. The van der Waals surface area contributed by atoms with Gasteiger partial charge in [-0.3, -0.25) is 0 Å². The molecule has 1 unspecified atom stereocenters. The zero-order valence-corrected chi connectivity index (χ0v) is 19.3. The Morgan fingerprint density at radius 3 is 1.96 bits per heavy atom. The first-order valence-corrected chi connectivity index (χ1v) is 11.5. The summed E-state index contributed by atoms with van der Waals surface area (Å²) in [5, 5.41) is 0. The number of halogens is 2. The van der Waals surface area contributed by atoms with Crippen LogP contribution in [0, 0.1) is 6.92 Å². The first-order valence-electron chi connectivity index (χ1n) is 9.90. The molecular weight excluding hydrogens is 472 g/mol. The second-order valence-electron chi connectivity index (χ2n) is 8.11. The highest BCUT2D eigenvalue weighted by Gasteiger charge is 2.31. The van der Waals surface area contributed by atoms with Crippen molar-refractivity contribution in [2.45, 2.75) is 38.5 Å². The summed E-state index contributed by atoms with van der Waals surface area (Å²) in [7, 11) is 0. The summed E-state index contributed by atoms with van der Waals surface area (Å²) in [4.78, 5) is 0. The van der Waals surface area contributed by atoms with E-state index in [9.17, 15) is 0 Å². The predicted octanol–water partition coefficient (Wildman–Crippen LogP) is 8.61. The Hall–Kier alpha value is -1.64. The third-order valence-electron chi connectivity index (χ3n) is 6.47. The van der Waals surface area contributed by atoms with E-state index in [4.69, 9.17) is 0 Å². The molecular formula is C26H22Br2. The van der Waals surface area contributed by atoms with E-state index in [1.54, 1.807) is 0 Å². The summed E-state index contributed by atoms with van der Waals surface area (Å²) in [6, 6.07) is 20.3. The van der Waals surface area contributed by atoms with Crippen LogP contribution < -0.4 is 0 Å². The fraction of sp³-hybridized carbons (Fsp3) is 0.231. The molecule has 2 aliphatic carbocycles. The SMILES string of the molecule is CC1=Cc2c(C)cccc2C1CCC1c2cc(Br)ccc2-c2ccc(Br)cc21. The zero-order chi connectivity index (χ0) is 19.4. The zero-order valence-electron chi connectivity index (χ0n) is 16.1. The van der Waals surface area contributed by atoms with Crippen LogP contribution in [0.5, 0.6) is 0 Å². The van der Waals surface area contributed by atoms with Crippen LogP contribution in [-0.4, -0.2) is 0 Å². The van der Waals surface area contributed by atoms with Crippen LogP contribution in [0.15, 0.2) is 69.1 Å². The topological polar surface area (TPSA) is 0 Å². The van der Waals surface area contributed by atoms with Gasteiger partial charge in [0.1, 0.15) is 0 Å². The average molecular weight is 494 g/mol. The van der Waals surface area contributed by atoms with Crippen LogP contribution >= 0.6 is 31.9 Å². The van der Waals surface area contributed by atoms with Crippen molar-refractivity contribution in [3.63, 3.8) is 0 Å². The minimum atomic E-state index is 0.460. The summed E-state index contributed by atoms with van der Waals surface area (Å²) in [6.45, 7) is 4.53. The van der Waals surface area contributed by atoms with Crippen molar-refractivity contribution in [3.8, 4) is 11.1 Å². The number of rotatable bonds is 3. The van der Waals surface area contributed by atoms with Gasteiger partial charge < -0.3 is 0 Å². The van der Waals surface area contributed by atoms with Crippen LogP contribution in [-0.2, 0) is 0 Å². The standard InChI is InChI=1S/C26H22Br2/c1-15-4-3-5-20-19(16(2)12-24(15)20)10-11-23-25-13-17(27)6-8-21(25)22-9-7-18(28)14-26(22)23/h3-9,12-14,19,23H,10-11H2,1-2H3. The van der Waals surface area contributed by atoms with Crippen molar-refractivity contribution in [1.82, 2.24) is 0 Å². The normalized spacial score (nSPS) is 17.3. The van der Waals surface area contributed by atoms with Crippen LogP contribution in [0.2, 0.25) is 0 Å². The maximum Gasteiger partial charge on any atom is 0.0178 e. The van der Waals surface area contributed by atoms with Crippen LogP contribution in [0.4, 0.5) is 0 Å². The number of allylic oxidation sites excluding steroid dienone is 1. The molecule has 0 amide bonds. The third-order valence-corrected chi connectivity index (χ3v) is 7.45. The third kappa shape index (κ3) is 2.93. The molecule has 0 N–H and O–H groups in total. The van der Waals surface area contributed by atoms with Gasteiger partial charge in [-0.05, 0) is 89.9 Å². The molecule has 1 atom stereocenters. The molecule has 2 aliphatic rings. The molecule has 0 bridgehead atoms. The molecule has 3 aromatic carbocycles. The molecule has 0 spiro atoms. The highest BCUT2D eigenvalue weighted by Crippen LogP contribution is 2.50. The van der Waals surface area contributed by atoms with Crippen molar-refractivity contribution in [2.75, 3.05) is 0 Å². The minimum absolute atomic E-state index is 0.460. The van der Waals surface area contributed by atoms with Gasteiger partial charge in [0.2, 0.25) is 0 Å². The molecule has 0 saturated heterocycles. The molecule has 2 heteroatoms. The van der Waals surface area contributed by atoms with E-state index in [-0.39, 0.29) is 0 Å². The van der Waals surface area contributed by atoms with Gasteiger partial charge in [0.05, 0.1) is 0 Å². The van der Waals surface area contributed by atoms with E-state index in [0.717, 1.165) is 6.42 Å². The van der Waals surface area contributed by atoms with Crippen LogP contribution in [0.25, 0.3) is 17.2 Å². The Kier molecular flexibility index (Phi) is 4.60. The molecule has 0 radical (unpaired) electrons. The Bertz CT molecular complexity index is 1070. The molecule has 140 valence electrons. The highest BCUT2D eigenvalue weighted by atomic mass is 79.9. The lowest BCUT2D eigenvalue weighted by atomic mass is 9.84. The van der Waals surface area contributed by atoms with Gasteiger partial charge in [0.25, 0.3) is 0 Å². The Labute approximate surface area is 183 Å². The lowest BCUT2D eigenvalue weighted by Gasteiger charge is -2.19. The largest absolute Gasteiger partial charge is 0.0652 e. The van der Waals surface area contributed by atoms with Crippen LogP contribution in [0.1, 0.15) is 59.4 Å². The quantitative estimate of drug-likeness (QED) is 0.342. The maximum atomic E-state index is 3.69. The molecule has 28 heavy (non-hydrogen) atoms. The van der Waals surface area contributed by atoms with Gasteiger partial charge >= 0.3 is 0 Å². The number of hydrogen-bond acceptors (Lipinski definition) is 0. The van der Waals surface area contributed by atoms with E-state index in [2.05, 4.69) is 106 Å². The van der Waals surface area contributed by atoms with Gasteiger partial charge in [0, 0.05) is 20.8 Å². The van der Waals surface area contributed by atoms with Gasteiger partial charge in [-0.15, -0.1) is 0 Å². The summed E-state index contributed by atoms with van der Waals surface area (Å²) >= 11 is 7.38. The predicted molar refractivity (Wildman–Crippen MR) is 126 cm³/mol. The molecule has 3 aromatic rings. The Morgan fingerprint density at radius 1 is 0.714 bits per heavy atom. The van der Waals surface area contributed by atoms with Gasteiger partial charge in [-0.1, -0.05) is 73.8 Å². The summed E-state index contributed by atoms with van der Waals surface area (Å²) in [6.07, 6.45) is 4.75. The van der Waals surface area contributed by atoms with Gasteiger partial charge in [-0.2, -0.15) is 0 Å². The first-order chi connectivity index (χ1) is 13.5. The van der Waals surface area contributed by atoms with Crippen molar-refractivity contribution in [1.29, 1.82) is 0 Å². The molecule has 0 aromatic heterocycles. The van der Waals surface area contributed by atoms with Crippen LogP contribution in [0.3, 0.4) is 0 Å². The fourth-order valence-corrected chi connectivity index (χ4v) is 5.86. The lowest BCUT2D eigenvalue weighted by Crippen LogP contribution is -2.03. The highest BCUT2D eigenvalue weighted by molar-refractivity contribution is 9.10. The van der Waals surface area contributed by atoms with E-state index < -0.39 is 0 Å². The first kappa shape index (κ1) is 18.4. The Morgan fingerprint density at radius 2 is 1.32 bits per heavy atom. The molecule has 0 fully saturated rings. The van der Waals surface area contributed by atoms with E-state index in [1.165, 1.54) is 59.9 Å². The van der Waals surface area contributed by atoms with Crippen molar-refractivity contribution < 1.29 is 0 Å². The van der Waals surface area contributed by atoms with Gasteiger partial charge in [0.15, 0.2) is 0 Å².